The topological polar surface area (TPSA) is 58.6 Å². The first-order chi connectivity index (χ1) is 13.5. The normalized spacial score (nSPS) is 19.0. The van der Waals surface area contributed by atoms with Crippen molar-refractivity contribution in [1.29, 1.82) is 0 Å². The smallest absolute Gasteiger partial charge is 0.257 e. The van der Waals surface area contributed by atoms with Gasteiger partial charge in [-0.1, -0.05) is 23.2 Å². The molecule has 28 heavy (non-hydrogen) atoms. The largest absolute Gasteiger partial charge is 0.493 e. The zero-order valence-corrected chi connectivity index (χ0v) is 16.7. The summed E-state index contributed by atoms with van der Waals surface area (Å²) in [7, 11) is 0. The molecule has 2 aliphatic rings. The lowest BCUT2D eigenvalue weighted by molar-refractivity contribution is 0.0548. The lowest BCUT2D eigenvalue weighted by Gasteiger charge is -2.37. The highest BCUT2D eigenvalue weighted by Crippen LogP contribution is 2.31. The van der Waals surface area contributed by atoms with Crippen molar-refractivity contribution in [3.63, 3.8) is 0 Å². The van der Waals surface area contributed by atoms with Gasteiger partial charge >= 0.3 is 0 Å². The van der Waals surface area contributed by atoms with E-state index in [-0.39, 0.29) is 17.9 Å². The molecule has 4 rings (SSSR count). The summed E-state index contributed by atoms with van der Waals surface area (Å²) < 4.78 is 5.83. The second kappa shape index (κ2) is 8.02. The van der Waals surface area contributed by atoms with Gasteiger partial charge in [-0.25, -0.2) is 0 Å². The van der Waals surface area contributed by atoms with Gasteiger partial charge in [-0.2, -0.15) is 0 Å². The number of carbonyl (C=O) groups is 2. The summed E-state index contributed by atoms with van der Waals surface area (Å²) in [6, 6.07) is 10.0. The average Bonchev–Trinajstić information content (AvgIpc) is 2.67. The molecule has 1 N–H and O–H groups in total. The molecule has 0 aliphatic carbocycles. The van der Waals surface area contributed by atoms with Crippen molar-refractivity contribution in [2.75, 3.05) is 18.5 Å². The van der Waals surface area contributed by atoms with Crippen LogP contribution in [0.25, 0.3) is 0 Å². The second-order valence-corrected chi connectivity index (χ2v) is 7.98. The molecule has 1 saturated heterocycles. The fourth-order valence-electron chi connectivity index (χ4n) is 3.82. The van der Waals surface area contributed by atoms with Crippen LogP contribution < -0.4 is 10.1 Å². The number of halogens is 2. The first-order valence-electron chi connectivity index (χ1n) is 9.36. The molecule has 1 fully saturated rings. The number of nitrogens with zero attached hydrogens (tertiary/aromatic N) is 1. The molecule has 5 nitrogen and oxygen atoms in total. The summed E-state index contributed by atoms with van der Waals surface area (Å²) in [4.78, 5) is 27.6. The Labute approximate surface area is 173 Å². The van der Waals surface area contributed by atoms with E-state index in [1.807, 2.05) is 4.90 Å². The number of hydrogen-bond donors (Lipinski definition) is 1. The van der Waals surface area contributed by atoms with Crippen molar-refractivity contribution in [3.8, 4) is 5.75 Å². The fourth-order valence-corrected chi connectivity index (χ4v) is 4.34. The van der Waals surface area contributed by atoms with Gasteiger partial charge in [0.25, 0.3) is 11.8 Å². The molecule has 2 heterocycles. The van der Waals surface area contributed by atoms with Gasteiger partial charge in [-0.3, -0.25) is 9.59 Å². The fraction of sp³-hybridized carbons (Fsp3) is 0.333. The second-order valence-electron chi connectivity index (χ2n) is 7.11. The zero-order valence-electron chi connectivity index (χ0n) is 15.2. The maximum Gasteiger partial charge on any atom is 0.257 e. The molecule has 1 unspecified atom stereocenters. The quantitative estimate of drug-likeness (QED) is 0.744. The lowest BCUT2D eigenvalue weighted by atomic mass is 9.97. The number of benzene rings is 2. The minimum atomic E-state index is -0.348. The van der Waals surface area contributed by atoms with Gasteiger partial charge in [0.1, 0.15) is 5.75 Å². The van der Waals surface area contributed by atoms with E-state index in [4.69, 9.17) is 27.9 Å². The Bertz CT molecular complexity index is 912. The van der Waals surface area contributed by atoms with Crippen molar-refractivity contribution in [3.05, 3.63) is 57.6 Å². The standard InChI is InChI=1S/C21H20Cl2N2O3/c22-14-9-13(10-15(23)11-14)20(26)24-16-4-5-19-18(12-16)21(27)25-7-2-1-3-17(25)6-8-28-19/h4-5,9-12,17H,1-3,6-8H2,(H,24,26). The number of nitrogens with one attached hydrogen (secondary N) is 1. The molecule has 0 bridgehead atoms. The summed E-state index contributed by atoms with van der Waals surface area (Å²) in [6.07, 6.45) is 4.01. The maximum absolute atomic E-state index is 13.1. The Balaban J connectivity index is 1.60. The Morgan fingerprint density at radius 1 is 1.07 bits per heavy atom. The third-order valence-electron chi connectivity index (χ3n) is 5.19. The molecule has 2 aliphatic heterocycles. The summed E-state index contributed by atoms with van der Waals surface area (Å²) in [5.41, 5.74) is 1.35. The number of ether oxygens (including phenoxy) is 1. The zero-order chi connectivity index (χ0) is 19.7. The number of hydrogen-bond acceptors (Lipinski definition) is 3. The van der Waals surface area contributed by atoms with Crippen molar-refractivity contribution in [1.82, 2.24) is 4.90 Å². The van der Waals surface area contributed by atoms with Gasteiger partial charge in [-0.05, 0) is 55.7 Å². The Morgan fingerprint density at radius 2 is 1.86 bits per heavy atom. The van der Waals surface area contributed by atoms with E-state index < -0.39 is 0 Å². The van der Waals surface area contributed by atoms with Gasteiger partial charge in [0.2, 0.25) is 0 Å². The van der Waals surface area contributed by atoms with E-state index >= 15 is 0 Å². The number of anilines is 1. The van der Waals surface area contributed by atoms with Crippen molar-refractivity contribution in [2.24, 2.45) is 0 Å². The van der Waals surface area contributed by atoms with Crippen LogP contribution >= 0.6 is 23.2 Å². The van der Waals surface area contributed by atoms with E-state index in [1.165, 1.54) is 0 Å². The van der Waals surface area contributed by atoms with Crippen LogP contribution in [0.4, 0.5) is 5.69 Å². The minimum Gasteiger partial charge on any atom is -0.493 e. The van der Waals surface area contributed by atoms with Crippen LogP contribution in [-0.4, -0.2) is 35.9 Å². The van der Waals surface area contributed by atoms with Crippen LogP contribution in [0, 0.1) is 0 Å². The summed E-state index contributed by atoms with van der Waals surface area (Å²) in [6.45, 7) is 1.34. The Morgan fingerprint density at radius 3 is 2.64 bits per heavy atom. The highest BCUT2D eigenvalue weighted by Gasteiger charge is 2.31. The van der Waals surface area contributed by atoms with Crippen molar-refractivity contribution in [2.45, 2.75) is 31.7 Å². The first-order valence-corrected chi connectivity index (χ1v) is 10.1. The predicted molar refractivity (Wildman–Crippen MR) is 110 cm³/mol. The molecule has 7 heteroatoms. The van der Waals surface area contributed by atoms with Gasteiger partial charge < -0.3 is 15.0 Å². The number of rotatable bonds is 2. The first kappa shape index (κ1) is 19.1. The Hall–Kier alpha value is -2.24. The number of piperidine rings is 1. The average molecular weight is 419 g/mol. The minimum absolute atomic E-state index is 0.0405. The van der Waals surface area contributed by atoms with E-state index in [9.17, 15) is 9.59 Å². The van der Waals surface area contributed by atoms with Crippen molar-refractivity contribution >= 4 is 40.7 Å². The van der Waals surface area contributed by atoms with Gasteiger partial charge in [0, 0.05) is 40.3 Å². The molecule has 0 aromatic heterocycles. The summed E-state index contributed by atoms with van der Waals surface area (Å²) in [5, 5.41) is 3.58. The number of amides is 2. The van der Waals surface area contributed by atoms with E-state index in [0.29, 0.717) is 39.2 Å². The predicted octanol–water partition coefficient (Wildman–Crippen LogP) is 5.02. The molecule has 1 atom stereocenters. The monoisotopic (exact) mass is 418 g/mol. The van der Waals surface area contributed by atoms with Crippen LogP contribution in [0.1, 0.15) is 46.4 Å². The molecule has 2 aromatic carbocycles. The maximum atomic E-state index is 13.1. The summed E-state index contributed by atoms with van der Waals surface area (Å²) >= 11 is 12.0. The SMILES string of the molecule is O=C(Nc1ccc2c(c1)C(=O)N1CCCCC1CCO2)c1cc(Cl)cc(Cl)c1. The lowest BCUT2D eigenvalue weighted by Crippen LogP contribution is -2.45. The highest BCUT2D eigenvalue weighted by atomic mass is 35.5. The van der Waals surface area contributed by atoms with Crippen LogP contribution in [0.2, 0.25) is 10.0 Å². The highest BCUT2D eigenvalue weighted by molar-refractivity contribution is 6.35. The Kier molecular flexibility index (Phi) is 5.47. The number of carbonyl (C=O) groups excluding carboxylic acids is 2. The molecule has 2 aromatic rings. The van der Waals surface area contributed by atoms with Crippen LogP contribution in [0.15, 0.2) is 36.4 Å². The third kappa shape index (κ3) is 3.96. The van der Waals surface area contributed by atoms with E-state index in [2.05, 4.69) is 5.32 Å². The van der Waals surface area contributed by atoms with Gasteiger partial charge in [0.05, 0.1) is 12.2 Å². The van der Waals surface area contributed by atoms with Crippen LogP contribution in [0.5, 0.6) is 5.75 Å². The van der Waals surface area contributed by atoms with Crippen LogP contribution in [0.3, 0.4) is 0 Å². The molecule has 146 valence electrons. The molecule has 2 amide bonds. The molecule has 0 saturated carbocycles. The van der Waals surface area contributed by atoms with E-state index in [0.717, 1.165) is 32.2 Å². The number of fused-ring (bicyclic) bond motifs is 2. The molecule has 0 radical (unpaired) electrons. The molecule has 0 spiro atoms. The summed E-state index contributed by atoms with van der Waals surface area (Å²) in [5.74, 6) is 0.165. The van der Waals surface area contributed by atoms with Gasteiger partial charge in [0.15, 0.2) is 0 Å². The molecular weight excluding hydrogens is 399 g/mol. The third-order valence-corrected chi connectivity index (χ3v) is 5.63. The van der Waals surface area contributed by atoms with Crippen LogP contribution in [-0.2, 0) is 0 Å². The van der Waals surface area contributed by atoms with E-state index in [1.54, 1.807) is 36.4 Å². The molecular formula is C21H20Cl2N2O3. The van der Waals surface area contributed by atoms with Crippen molar-refractivity contribution < 1.29 is 14.3 Å². The van der Waals surface area contributed by atoms with Gasteiger partial charge in [-0.15, -0.1) is 0 Å².